The highest BCUT2D eigenvalue weighted by Crippen LogP contribution is 2.20. The Bertz CT molecular complexity index is 904. The lowest BCUT2D eigenvalue weighted by Crippen LogP contribution is -2.14. The Morgan fingerprint density at radius 1 is 1.31 bits per heavy atom. The maximum atomic E-state index is 13.3. The zero-order valence-corrected chi connectivity index (χ0v) is 20.1. The van der Waals surface area contributed by atoms with Crippen molar-refractivity contribution in [1.29, 1.82) is 0 Å². The molecule has 0 bridgehead atoms. The van der Waals surface area contributed by atoms with Gasteiger partial charge in [0, 0.05) is 18.0 Å². The summed E-state index contributed by atoms with van der Waals surface area (Å²) in [5.74, 6) is -0.939. The molecule has 4 nitrogen and oxygen atoms in total. The van der Waals surface area contributed by atoms with Crippen molar-refractivity contribution in [3.05, 3.63) is 83.2 Å². The molecule has 1 aromatic carbocycles. The number of rotatable bonds is 9. The van der Waals surface area contributed by atoms with Gasteiger partial charge in [0.2, 0.25) is 5.91 Å². The first-order valence-electron chi connectivity index (χ1n) is 10.7. The second-order valence-electron chi connectivity index (χ2n) is 6.83. The lowest BCUT2D eigenvalue weighted by atomic mass is 10.1. The second kappa shape index (κ2) is 15.2. The Morgan fingerprint density at radius 3 is 2.72 bits per heavy atom. The summed E-state index contributed by atoms with van der Waals surface area (Å²) < 4.78 is 26.3. The number of allylic oxidation sites excluding steroid dienone is 3. The first-order valence-corrected chi connectivity index (χ1v) is 11.7. The van der Waals surface area contributed by atoms with E-state index in [4.69, 9.17) is 0 Å². The van der Waals surface area contributed by atoms with Gasteiger partial charge in [-0.1, -0.05) is 56.0 Å². The minimum atomic E-state index is -0.833. The minimum absolute atomic E-state index is 0.00594. The standard InChI is InChI=1S/C23H27F2N3OS.C2H6/c1-4-7-21-18(14-22(29)28-21)12-16(3)15-30-23(26-5-2)27-11-6-8-17-9-10-19(24)20(25)13-17;1-2/h4-5,7,9-10,12-13H,2,6,8,11,14-15H2,1,3H3,(H,26,27)(H,28,29);1-2H3/b7-4-,16-12+;. The number of hydrogen-bond acceptors (Lipinski definition) is 3. The molecule has 32 heavy (non-hydrogen) atoms. The molecule has 1 heterocycles. The predicted molar refractivity (Wildman–Crippen MR) is 132 cm³/mol. The summed E-state index contributed by atoms with van der Waals surface area (Å²) >= 11 is 1.55. The number of amides is 1. The van der Waals surface area contributed by atoms with Crippen LogP contribution in [-0.4, -0.2) is 23.4 Å². The highest BCUT2D eigenvalue weighted by atomic mass is 32.2. The minimum Gasteiger partial charge on any atom is -0.342 e. The molecule has 0 fully saturated rings. The number of nitrogens with one attached hydrogen (secondary N) is 2. The molecule has 7 heteroatoms. The topological polar surface area (TPSA) is 53.5 Å². The van der Waals surface area contributed by atoms with Gasteiger partial charge in [-0.3, -0.25) is 9.79 Å². The first kappa shape index (κ1) is 27.4. The third kappa shape index (κ3) is 9.64. The van der Waals surface area contributed by atoms with E-state index in [1.165, 1.54) is 6.07 Å². The molecule has 1 aliphatic rings. The van der Waals surface area contributed by atoms with Crippen LogP contribution in [0.1, 0.15) is 46.1 Å². The fourth-order valence-electron chi connectivity index (χ4n) is 2.89. The van der Waals surface area contributed by atoms with Crippen molar-refractivity contribution in [3.63, 3.8) is 0 Å². The van der Waals surface area contributed by atoms with E-state index in [1.807, 2.05) is 45.9 Å². The maximum Gasteiger partial charge on any atom is 0.228 e. The Morgan fingerprint density at radius 2 is 2.06 bits per heavy atom. The van der Waals surface area contributed by atoms with Crippen molar-refractivity contribution in [2.45, 2.75) is 47.0 Å². The van der Waals surface area contributed by atoms with E-state index in [-0.39, 0.29) is 5.91 Å². The van der Waals surface area contributed by atoms with Crippen LogP contribution in [0.25, 0.3) is 0 Å². The van der Waals surface area contributed by atoms with Crippen molar-refractivity contribution in [2.75, 3.05) is 12.3 Å². The zero-order chi connectivity index (χ0) is 23.9. The Kier molecular flexibility index (Phi) is 13.0. The molecule has 1 aromatic rings. The third-order valence-electron chi connectivity index (χ3n) is 4.25. The summed E-state index contributed by atoms with van der Waals surface area (Å²) in [4.78, 5) is 16.2. The van der Waals surface area contributed by atoms with Gasteiger partial charge in [0.25, 0.3) is 0 Å². The third-order valence-corrected chi connectivity index (χ3v) is 5.37. The largest absolute Gasteiger partial charge is 0.342 e. The van der Waals surface area contributed by atoms with E-state index in [0.29, 0.717) is 25.1 Å². The average molecular weight is 462 g/mol. The Balaban J connectivity index is 0.00000249. The summed E-state index contributed by atoms with van der Waals surface area (Å²) in [6.07, 6.45) is 9.14. The molecule has 1 amide bonds. The number of benzene rings is 1. The zero-order valence-electron chi connectivity index (χ0n) is 19.3. The number of nitrogens with zero attached hydrogens (tertiary/aromatic N) is 1. The number of amidine groups is 1. The lowest BCUT2D eigenvalue weighted by Gasteiger charge is -2.07. The molecule has 1 aliphatic heterocycles. The molecule has 0 aromatic heterocycles. The molecule has 0 aliphatic carbocycles. The van der Waals surface area contributed by atoms with Gasteiger partial charge < -0.3 is 10.6 Å². The normalized spacial score (nSPS) is 14.4. The number of aryl methyl sites for hydroxylation is 1. The van der Waals surface area contributed by atoms with Gasteiger partial charge in [0.1, 0.15) is 0 Å². The van der Waals surface area contributed by atoms with Gasteiger partial charge in [0.05, 0.1) is 6.42 Å². The number of aliphatic imine (C=N–C) groups is 1. The van der Waals surface area contributed by atoms with Gasteiger partial charge >= 0.3 is 0 Å². The summed E-state index contributed by atoms with van der Waals surface area (Å²) in [5, 5.41) is 6.63. The van der Waals surface area contributed by atoms with E-state index in [0.717, 1.165) is 40.1 Å². The molecule has 2 rings (SSSR count). The van der Waals surface area contributed by atoms with Gasteiger partial charge in [-0.05, 0) is 62.2 Å². The van der Waals surface area contributed by atoms with E-state index in [2.05, 4.69) is 22.2 Å². The molecule has 0 saturated carbocycles. The Labute approximate surface area is 194 Å². The van der Waals surface area contributed by atoms with Crippen LogP contribution in [0, 0.1) is 11.6 Å². The van der Waals surface area contributed by atoms with Crippen LogP contribution in [-0.2, 0) is 11.2 Å². The van der Waals surface area contributed by atoms with Crippen molar-refractivity contribution in [2.24, 2.45) is 4.99 Å². The fraction of sp³-hybridized carbons (Fsp3) is 0.360. The van der Waals surface area contributed by atoms with Gasteiger partial charge in [0.15, 0.2) is 16.8 Å². The van der Waals surface area contributed by atoms with Crippen molar-refractivity contribution in [3.8, 4) is 0 Å². The van der Waals surface area contributed by atoms with E-state index < -0.39 is 11.6 Å². The number of thioether (sulfide) groups is 1. The van der Waals surface area contributed by atoms with Crippen molar-refractivity contribution < 1.29 is 13.6 Å². The molecular weight excluding hydrogens is 428 g/mol. The van der Waals surface area contributed by atoms with Crippen LogP contribution in [0.15, 0.2) is 71.0 Å². The van der Waals surface area contributed by atoms with Crippen molar-refractivity contribution in [1.82, 2.24) is 10.6 Å². The summed E-state index contributed by atoms with van der Waals surface area (Å²) in [7, 11) is 0. The summed E-state index contributed by atoms with van der Waals surface area (Å²) in [6.45, 7) is 12.2. The lowest BCUT2D eigenvalue weighted by molar-refractivity contribution is -0.118. The van der Waals surface area contributed by atoms with Crippen LogP contribution in [0.4, 0.5) is 8.78 Å². The van der Waals surface area contributed by atoms with Gasteiger partial charge in [-0.25, -0.2) is 8.78 Å². The smallest absolute Gasteiger partial charge is 0.228 e. The Hall–Kier alpha value is -2.67. The number of halogens is 2. The van der Waals surface area contributed by atoms with Crippen molar-refractivity contribution >= 4 is 22.8 Å². The quantitative estimate of drug-likeness (QED) is 0.268. The average Bonchev–Trinajstić information content (AvgIpc) is 3.12. The van der Waals surface area contributed by atoms with Gasteiger partial charge in [-0.15, -0.1) is 0 Å². The molecule has 0 spiro atoms. The van der Waals surface area contributed by atoms with E-state index in [1.54, 1.807) is 24.0 Å². The highest BCUT2D eigenvalue weighted by Gasteiger charge is 2.17. The summed E-state index contributed by atoms with van der Waals surface area (Å²) in [6, 6.07) is 3.96. The second-order valence-corrected chi connectivity index (χ2v) is 7.79. The molecule has 2 N–H and O–H groups in total. The molecular formula is C25H33F2N3OS. The van der Waals surface area contributed by atoms with Gasteiger partial charge in [-0.2, -0.15) is 0 Å². The molecule has 0 atom stereocenters. The molecule has 0 unspecified atom stereocenters. The van der Waals surface area contributed by atoms with E-state index >= 15 is 0 Å². The summed E-state index contributed by atoms with van der Waals surface area (Å²) in [5.41, 5.74) is 3.70. The molecule has 0 radical (unpaired) electrons. The predicted octanol–water partition coefficient (Wildman–Crippen LogP) is 6.04. The number of hydrogen-bond donors (Lipinski definition) is 2. The highest BCUT2D eigenvalue weighted by molar-refractivity contribution is 8.14. The van der Waals surface area contributed by atoms with Crippen LogP contribution in [0.5, 0.6) is 0 Å². The van der Waals surface area contributed by atoms with Crippen LogP contribution < -0.4 is 10.6 Å². The SMILES string of the molecule is C=CNC(=NCCCc1ccc(F)c(F)c1)SC/C(C)=C/C1=C(/C=C\C)NC(=O)C1.CC. The fourth-order valence-corrected chi connectivity index (χ4v) is 3.68. The first-order chi connectivity index (χ1) is 15.4. The monoisotopic (exact) mass is 461 g/mol. The van der Waals surface area contributed by atoms with Crippen LogP contribution in [0.2, 0.25) is 0 Å². The molecule has 174 valence electrons. The number of carbonyl (C=O) groups excluding carboxylic acids is 1. The number of carbonyl (C=O) groups is 1. The van der Waals surface area contributed by atoms with E-state index in [9.17, 15) is 13.6 Å². The van der Waals surface area contributed by atoms with Crippen LogP contribution in [0.3, 0.4) is 0 Å². The maximum absolute atomic E-state index is 13.3. The molecule has 0 saturated heterocycles. The van der Waals surface area contributed by atoms with Crippen LogP contribution >= 0.6 is 11.8 Å².